The smallest absolute Gasteiger partial charge is 0.327 e. The predicted octanol–water partition coefficient (Wildman–Crippen LogP) is 1.50. The number of nitrogens with two attached hydrogens (primary N) is 1. The third-order valence-corrected chi connectivity index (χ3v) is 6.08. The Balaban J connectivity index is 1.67. The van der Waals surface area contributed by atoms with Crippen molar-refractivity contribution in [2.24, 2.45) is 5.92 Å². The van der Waals surface area contributed by atoms with Gasteiger partial charge in [0.15, 0.2) is 0 Å². The number of carbonyl (C=O) groups excluding carboxylic acids is 3. The van der Waals surface area contributed by atoms with Crippen LogP contribution in [0.4, 0.5) is 11.4 Å². The maximum absolute atomic E-state index is 13.0. The van der Waals surface area contributed by atoms with Gasteiger partial charge in [0.25, 0.3) is 0 Å². The van der Waals surface area contributed by atoms with Crippen molar-refractivity contribution in [1.82, 2.24) is 10.6 Å². The fourth-order valence-corrected chi connectivity index (χ4v) is 4.04. The molecule has 0 radical (unpaired) electrons. The first-order valence-corrected chi connectivity index (χ1v) is 11.3. The predicted molar refractivity (Wildman–Crippen MR) is 128 cm³/mol. The molecular formula is C25H30N4O5. The molecular weight excluding hydrogens is 436 g/mol. The number of amides is 3. The molecule has 0 bridgehead atoms. The van der Waals surface area contributed by atoms with Crippen molar-refractivity contribution < 1.29 is 24.3 Å². The van der Waals surface area contributed by atoms with Crippen LogP contribution in [0.5, 0.6) is 0 Å². The number of nitrogens with zero attached hydrogens (tertiary/aromatic N) is 1. The van der Waals surface area contributed by atoms with Crippen LogP contribution in [-0.2, 0) is 32.0 Å². The van der Waals surface area contributed by atoms with Crippen LogP contribution in [0.2, 0.25) is 0 Å². The molecule has 0 fully saturated rings. The summed E-state index contributed by atoms with van der Waals surface area (Å²) in [4.78, 5) is 51.4. The van der Waals surface area contributed by atoms with Gasteiger partial charge >= 0.3 is 5.97 Å². The highest BCUT2D eigenvalue weighted by Gasteiger charge is 2.38. The van der Waals surface area contributed by atoms with E-state index in [1.54, 1.807) is 18.2 Å². The number of hydrogen-bond acceptors (Lipinski definition) is 5. The third kappa shape index (κ3) is 5.72. The molecule has 1 aliphatic rings. The first kappa shape index (κ1) is 24.8. The maximum Gasteiger partial charge on any atom is 0.327 e. The minimum absolute atomic E-state index is 0.133. The second kappa shape index (κ2) is 10.8. The highest BCUT2D eigenvalue weighted by molar-refractivity contribution is 6.04. The standard InChI is InChI=1S/C25H30N4O5/c1-3-15(2)23(28-21(30)11-16-7-5-4-6-8-16)24(32)27-14-22(31)29-19-10-9-18(26)12-17(19)13-20(29)25(33)34/h4-10,12,15,20,23H,3,11,13-14,26H2,1-2H3,(H,27,32)(H,28,30)(H,33,34)/t15-,20-,23-/m0/s1. The Kier molecular flexibility index (Phi) is 7.88. The van der Waals surface area contributed by atoms with E-state index in [0.29, 0.717) is 23.4 Å². The van der Waals surface area contributed by atoms with E-state index in [1.807, 2.05) is 44.2 Å². The third-order valence-electron chi connectivity index (χ3n) is 6.08. The lowest BCUT2D eigenvalue weighted by atomic mass is 9.98. The molecule has 9 heteroatoms. The quantitative estimate of drug-likeness (QED) is 0.413. The van der Waals surface area contributed by atoms with Gasteiger partial charge in [0.2, 0.25) is 17.7 Å². The Morgan fingerprint density at radius 2 is 1.85 bits per heavy atom. The number of rotatable bonds is 9. The Morgan fingerprint density at radius 3 is 2.50 bits per heavy atom. The number of aliphatic carboxylic acids is 1. The summed E-state index contributed by atoms with van der Waals surface area (Å²) in [6, 6.07) is 12.2. The number of carbonyl (C=O) groups is 4. The normalized spacial score (nSPS) is 16.3. The lowest BCUT2D eigenvalue weighted by molar-refractivity contribution is -0.139. The van der Waals surface area contributed by atoms with Gasteiger partial charge in [-0.25, -0.2) is 4.79 Å². The number of benzene rings is 2. The van der Waals surface area contributed by atoms with Crippen molar-refractivity contribution in [1.29, 1.82) is 0 Å². The molecule has 180 valence electrons. The zero-order valence-electron chi connectivity index (χ0n) is 19.3. The summed E-state index contributed by atoms with van der Waals surface area (Å²) in [7, 11) is 0. The number of hydrogen-bond donors (Lipinski definition) is 4. The second-order valence-electron chi connectivity index (χ2n) is 8.52. The number of nitrogen functional groups attached to an aromatic ring is 1. The molecule has 2 aromatic carbocycles. The van der Waals surface area contributed by atoms with Gasteiger partial charge in [0.1, 0.15) is 12.1 Å². The summed E-state index contributed by atoms with van der Waals surface area (Å²) in [6.07, 6.45) is 0.911. The van der Waals surface area contributed by atoms with E-state index in [9.17, 15) is 24.3 Å². The highest BCUT2D eigenvalue weighted by Crippen LogP contribution is 2.33. The molecule has 0 unspecified atom stereocenters. The van der Waals surface area contributed by atoms with Crippen molar-refractivity contribution in [3.63, 3.8) is 0 Å². The first-order valence-electron chi connectivity index (χ1n) is 11.3. The molecule has 9 nitrogen and oxygen atoms in total. The average Bonchev–Trinajstić information content (AvgIpc) is 3.20. The minimum Gasteiger partial charge on any atom is -0.480 e. The zero-order valence-corrected chi connectivity index (χ0v) is 19.3. The van der Waals surface area contributed by atoms with E-state index in [2.05, 4.69) is 10.6 Å². The molecule has 5 N–H and O–H groups in total. The second-order valence-corrected chi connectivity index (χ2v) is 8.52. The van der Waals surface area contributed by atoms with Crippen LogP contribution in [0.25, 0.3) is 0 Å². The highest BCUT2D eigenvalue weighted by atomic mass is 16.4. The molecule has 0 spiro atoms. The average molecular weight is 467 g/mol. The van der Waals surface area contributed by atoms with Crippen LogP contribution in [0.15, 0.2) is 48.5 Å². The number of fused-ring (bicyclic) bond motifs is 1. The van der Waals surface area contributed by atoms with Gasteiger partial charge < -0.3 is 21.5 Å². The van der Waals surface area contributed by atoms with E-state index in [4.69, 9.17) is 5.73 Å². The molecule has 1 heterocycles. The van der Waals surface area contributed by atoms with Crippen LogP contribution < -0.4 is 21.3 Å². The Labute approximate surface area is 198 Å². The van der Waals surface area contributed by atoms with Gasteiger partial charge in [-0.2, -0.15) is 0 Å². The Hall–Kier alpha value is -3.88. The van der Waals surface area contributed by atoms with Crippen LogP contribution in [0.1, 0.15) is 31.4 Å². The number of carboxylic acids is 1. The fraction of sp³-hybridized carbons (Fsp3) is 0.360. The van der Waals surface area contributed by atoms with Crippen LogP contribution in [0, 0.1) is 5.92 Å². The fourth-order valence-electron chi connectivity index (χ4n) is 4.04. The minimum atomic E-state index is -1.14. The van der Waals surface area contributed by atoms with Gasteiger partial charge in [-0.15, -0.1) is 0 Å². The van der Waals surface area contributed by atoms with Crippen molar-refractivity contribution in [2.75, 3.05) is 17.2 Å². The largest absolute Gasteiger partial charge is 0.480 e. The lowest BCUT2D eigenvalue weighted by Crippen LogP contribution is -2.53. The summed E-state index contributed by atoms with van der Waals surface area (Å²) in [5.41, 5.74) is 8.23. The van der Waals surface area contributed by atoms with Crippen molar-refractivity contribution in [2.45, 2.75) is 45.2 Å². The molecule has 1 aliphatic heterocycles. The van der Waals surface area contributed by atoms with E-state index in [-0.39, 0.29) is 24.7 Å². The molecule has 34 heavy (non-hydrogen) atoms. The molecule has 3 atom stereocenters. The van der Waals surface area contributed by atoms with Crippen molar-refractivity contribution in [3.05, 3.63) is 59.7 Å². The first-order chi connectivity index (χ1) is 16.2. The van der Waals surface area contributed by atoms with Crippen molar-refractivity contribution >= 4 is 35.1 Å². The summed E-state index contributed by atoms with van der Waals surface area (Å²) in [6.45, 7) is 3.36. The van der Waals surface area contributed by atoms with E-state index < -0.39 is 36.4 Å². The monoisotopic (exact) mass is 466 g/mol. The van der Waals surface area contributed by atoms with Gasteiger partial charge in [-0.3, -0.25) is 19.3 Å². The van der Waals surface area contributed by atoms with Crippen LogP contribution >= 0.6 is 0 Å². The summed E-state index contributed by atoms with van der Waals surface area (Å²) < 4.78 is 0. The molecule has 0 saturated carbocycles. The molecule has 0 aliphatic carbocycles. The van der Waals surface area contributed by atoms with E-state index >= 15 is 0 Å². The zero-order chi connectivity index (χ0) is 24.8. The van der Waals surface area contributed by atoms with Gasteiger partial charge in [-0.1, -0.05) is 50.6 Å². The van der Waals surface area contributed by atoms with E-state index in [1.165, 1.54) is 4.90 Å². The molecule has 2 aromatic rings. The SMILES string of the molecule is CC[C@H](C)[C@H](NC(=O)Cc1ccccc1)C(=O)NCC(=O)N1c2ccc(N)cc2C[C@H]1C(=O)O. The molecule has 0 saturated heterocycles. The molecule has 3 amide bonds. The number of anilines is 2. The van der Waals surface area contributed by atoms with Crippen LogP contribution in [-0.4, -0.2) is 47.4 Å². The van der Waals surface area contributed by atoms with E-state index in [0.717, 1.165) is 5.56 Å². The Morgan fingerprint density at radius 1 is 1.15 bits per heavy atom. The number of carboxylic acid groups (broad SMARTS) is 1. The Bertz CT molecular complexity index is 1070. The lowest BCUT2D eigenvalue weighted by Gasteiger charge is -2.26. The van der Waals surface area contributed by atoms with Crippen LogP contribution in [0.3, 0.4) is 0 Å². The van der Waals surface area contributed by atoms with Gasteiger partial charge in [-0.05, 0) is 35.2 Å². The molecule has 3 rings (SSSR count). The summed E-state index contributed by atoms with van der Waals surface area (Å²) >= 11 is 0. The summed E-state index contributed by atoms with van der Waals surface area (Å²) in [5, 5.41) is 15.0. The molecule has 0 aromatic heterocycles. The van der Waals surface area contributed by atoms with Crippen molar-refractivity contribution in [3.8, 4) is 0 Å². The maximum atomic E-state index is 13.0. The van der Waals surface area contributed by atoms with Gasteiger partial charge in [0.05, 0.1) is 13.0 Å². The summed E-state index contributed by atoms with van der Waals surface area (Å²) in [5.74, 6) is -2.65. The van der Waals surface area contributed by atoms with Gasteiger partial charge in [0, 0.05) is 17.8 Å². The number of nitrogens with one attached hydrogen (secondary N) is 2. The topological polar surface area (TPSA) is 142 Å².